The lowest BCUT2D eigenvalue weighted by Crippen LogP contribution is -2.38. The third kappa shape index (κ3) is 4.76. The summed E-state index contributed by atoms with van der Waals surface area (Å²) in [4.78, 5) is 27.2. The molecule has 0 aromatic carbocycles. The Morgan fingerprint density at radius 1 is 1.20 bits per heavy atom. The van der Waals surface area contributed by atoms with E-state index >= 15 is 0 Å². The highest BCUT2D eigenvalue weighted by molar-refractivity contribution is 5.76. The van der Waals surface area contributed by atoms with Crippen LogP contribution in [0.4, 0.5) is 0 Å². The van der Waals surface area contributed by atoms with Crippen LogP contribution >= 0.6 is 0 Å². The molecule has 6 heteroatoms. The first-order valence-electron chi connectivity index (χ1n) is 7.64. The molecule has 2 aliphatic rings. The Bertz CT molecular complexity index is 342. The number of rotatable bonds is 5. The number of amides is 2. The van der Waals surface area contributed by atoms with Gasteiger partial charge in [-0.1, -0.05) is 0 Å². The summed E-state index contributed by atoms with van der Waals surface area (Å²) in [6, 6.07) is 0. The molecule has 2 rings (SSSR count). The third-order valence-corrected chi connectivity index (χ3v) is 4.25. The number of hydrogen-bond donors (Lipinski definition) is 2. The van der Waals surface area contributed by atoms with Crippen LogP contribution in [-0.2, 0) is 9.59 Å². The van der Waals surface area contributed by atoms with Crippen LogP contribution in [0.5, 0.6) is 0 Å². The Hall–Kier alpha value is -1.14. The summed E-state index contributed by atoms with van der Waals surface area (Å²) in [5, 5.41) is 3.33. The SMILES string of the molecule is NC(=O)CN1CCCN(C(=O)CCC2CCNC2)CC1. The van der Waals surface area contributed by atoms with Crippen molar-refractivity contribution in [3.8, 4) is 0 Å². The first-order valence-corrected chi connectivity index (χ1v) is 7.64. The molecule has 2 saturated heterocycles. The Balaban J connectivity index is 1.71. The summed E-state index contributed by atoms with van der Waals surface area (Å²) in [7, 11) is 0. The van der Waals surface area contributed by atoms with Gasteiger partial charge in [0.1, 0.15) is 0 Å². The molecule has 2 amide bonds. The molecule has 0 aromatic rings. The molecule has 0 bridgehead atoms. The highest BCUT2D eigenvalue weighted by atomic mass is 16.2. The average Bonchev–Trinajstić information content (AvgIpc) is 2.82. The van der Waals surface area contributed by atoms with Crippen molar-refractivity contribution < 1.29 is 9.59 Å². The number of nitrogens with one attached hydrogen (secondary N) is 1. The predicted octanol–water partition coefficient (Wildman–Crippen LogP) is -0.604. The number of carbonyl (C=O) groups is 2. The Morgan fingerprint density at radius 2 is 2.05 bits per heavy atom. The van der Waals surface area contributed by atoms with Gasteiger partial charge in [0, 0.05) is 32.6 Å². The highest BCUT2D eigenvalue weighted by Crippen LogP contribution is 2.15. The zero-order chi connectivity index (χ0) is 14.4. The smallest absolute Gasteiger partial charge is 0.231 e. The highest BCUT2D eigenvalue weighted by Gasteiger charge is 2.21. The maximum absolute atomic E-state index is 12.2. The molecular formula is C14H26N4O2. The van der Waals surface area contributed by atoms with E-state index in [9.17, 15) is 9.59 Å². The van der Waals surface area contributed by atoms with Crippen molar-refractivity contribution in [1.82, 2.24) is 15.1 Å². The lowest BCUT2D eigenvalue weighted by atomic mass is 10.0. The van der Waals surface area contributed by atoms with Crippen molar-refractivity contribution >= 4 is 11.8 Å². The van der Waals surface area contributed by atoms with Crippen molar-refractivity contribution in [3.63, 3.8) is 0 Å². The molecule has 0 radical (unpaired) electrons. The fraction of sp³-hybridized carbons (Fsp3) is 0.857. The van der Waals surface area contributed by atoms with Crippen LogP contribution in [0.15, 0.2) is 0 Å². The van der Waals surface area contributed by atoms with Crippen molar-refractivity contribution in [2.45, 2.75) is 25.7 Å². The van der Waals surface area contributed by atoms with Crippen molar-refractivity contribution in [2.75, 3.05) is 45.8 Å². The van der Waals surface area contributed by atoms with E-state index in [0.29, 0.717) is 18.9 Å². The molecule has 3 N–H and O–H groups in total. The monoisotopic (exact) mass is 282 g/mol. The van der Waals surface area contributed by atoms with Crippen LogP contribution in [0.1, 0.15) is 25.7 Å². The van der Waals surface area contributed by atoms with Gasteiger partial charge in [-0.25, -0.2) is 0 Å². The second kappa shape index (κ2) is 7.59. The van der Waals surface area contributed by atoms with Gasteiger partial charge in [0.05, 0.1) is 6.54 Å². The minimum absolute atomic E-state index is 0.262. The molecule has 2 aliphatic heterocycles. The van der Waals surface area contributed by atoms with Gasteiger partial charge in [-0.15, -0.1) is 0 Å². The second-order valence-corrected chi connectivity index (χ2v) is 5.87. The lowest BCUT2D eigenvalue weighted by molar-refractivity contribution is -0.131. The van der Waals surface area contributed by atoms with Crippen LogP contribution in [-0.4, -0.2) is 67.4 Å². The quantitative estimate of drug-likeness (QED) is 0.705. The molecule has 114 valence electrons. The number of nitrogens with zero attached hydrogens (tertiary/aromatic N) is 2. The Kier molecular flexibility index (Phi) is 5.79. The van der Waals surface area contributed by atoms with Gasteiger partial charge >= 0.3 is 0 Å². The molecule has 0 saturated carbocycles. The van der Waals surface area contributed by atoms with Gasteiger partial charge in [-0.05, 0) is 38.3 Å². The summed E-state index contributed by atoms with van der Waals surface area (Å²) < 4.78 is 0. The summed E-state index contributed by atoms with van der Waals surface area (Å²) in [5.74, 6) is 0.633. The van der Waals surface area contributed by atoms with E-state index in [1.54, 1.807) is 0 Å². The zero-order valence-corrected chi connectivity index (χ0v) is 12.1. The molecule has 2 heterocycles. The molecular weight excluding hydrogens is 256 g/mol. The maximum atomic E-state index is 12.2. The van der Waals surface area contributed by atoms with Gasteiger partial charge in [0.2, 0.25) is 11.8 Å². The minimum atomic E-state index is -0.293. The Labute approximate surface area is 120 Å². The summed E-state index contributed by atoms with van der Waals surface area (Å²) in [6.45, 7) is 5.56. The van der Waals surface area contributed by atoms with Gasteiger partial charge < -0.3 is 16.0 Å². The average molecular weight is 282 g/mol. The van der Waals surface area contributed by atoms with Gasteiger partial charge in [0.15, 0.2) is 0 Å². The normalized spacial score (nSPS) is 24.6. The topological polar surface area (TPSA) is 78.7 Å². The standard InChI is InChI=1S/C14H26N4O2/c15-13(19)11-17-6-1-7-18(9-8-17)14(20)3-2-12-4-5-16-10-12/h12,16H,1-11H2,(H2,15,19). The Morgan fingerprint density at radius 3 is 2.75 bits per heavy atom. The molecule has 20 heavy (non-hydrogen) atoms. The first kappa shape index (κ1) is 15.3. The van der Waals surface area contributed by atoms with E-state index in [1.807, 2.05) is 9.80 Å². The molecule has 1 atom stereocenters. The van der Waals surface area contributed by atoms with Gasteiger partial charge in [-0.3, -0.25) is 14.5 Å². The molecule has 1 unspecified atom stereocenters. The van der Waals surface area contributed by atoms with Crippen LogP contribution in [0.25, 0.3) is 0 Å². The number of primary amides is 1. The molecule has 0 spiro atoms. The van der Waals surface area contributed by atoms with Crippen molar-refractivity contribution in [3.05, 3.63) is 0 Å². The fourth-order valence-electron chi connectivity index (χ4n) is 3.05. The lowest BCUT2D eigenvalue weighted by Gasteiger charge is -2.22. The van der Waals surface area contributed by atoms with Crippen LogP contribution in [0, 0.1) is 5.92 Å². The van der Waals surface area contributed by atoms with Crippen molar-refractivity contribution in [2.24, 2.45) is 11.7 Å². The van der Waals surface area contributed by atoms with E-state index in [1.165, 1.54) is 6.42 Å². The molecule has 6 nitrogen and oxygen atoms in total. The molecule has 0 aromatic heterocycles. The van der Waals surface area contributed by atoms with Gasteiger partial charge in [-0.2, -0.15) is 0 Å². The second-order valence-electron chi connectivity index (χ2n) is 5.87. The largest absolute Gasteiger partial charge is 0.369 e. The van der Waals surface area contributed by atoms with Crippen LogP contribution in [0.2, 0.25) is 0 Å². The zero-order valence-electron chi connectivity index (χ0n) is 12.1. The first-order chi connectivity index (χ1) is 9.65. The third-order valence-electron chi connectivity index (χ3n) is 4.25. The van der Waals surface area contributed by atoms with E-state index in [-0.39, 0.29) is 11.8 Å². The fourth-order valence-corrected chi connectivity index (χ4v) is 3.05. The van der Waals surface area contributed by atoms with Gasteiger partial charge in [0.25, 0.3) is 0 Å². The number of hydrogen-bond acceptors (Lipinski definition) is 4. The minimum Gasteiger partial charge on any atom is -0.369 e. The summed E-state index contributed by atoms with van der Waals surface area (Å²) in [6.07, 6.45) is 3.76. The predicted molar refractivity (Wildman–Crippen MR) is 77.0 cm³/mol. The van der Waals surface area contributed by atoms with Crippen LogP contribution in [0.3, 0.4) is 0 Å². The number of carbonyl (C=O) groups excluding carboxylic acids is 2. The van der Waals surface area contributed by atoms with E-state index in [2.05, 4.69) is 5.32 Å². The van der Waals surface area contributed by atoms with E-state index in [0.717, 1.165) is 52.1 Å². The number of nitrogens with two attached hydrogens (primary N) is 1. The molecule has 0 aliphatic carbocycles. The summed E-state index contributed by atoms with van der Waals surface area (Å²) in [5.41, 5.74) is 5.22. The van der Waals surface area contributed by atoms with Crippen LogP contribution < -0.4 is 11.1 Å². The summed E-state index contributed by atoms with van der Waals surface area (Å²) >= 11 is 0. The molecule has 2 fully saturated rings. The van der Waals surface area contributed by atoms with E-state index in [4.69, 9.17) is 5.73 Å². The van der Waals surface area contributed by atoms with Crippen molar-refractivity contribution in [1.29, 1.82) is 0 Å². The van der Waals surface area contributed by atoms with E-state index < -0.39 is 0 Å². The maximum Gasteiger partial charge on any atom is 0.231 e.